The van der Waals surface area contributed by atoms with E-state index in [4.69, 9.17) is 15.7 Å². The van der Waals surface area contributed by atoms with Crippen LogP contribution < -0.4 is 4.74 Å². The van der Waals surface area contributed by atoms with Crippen molar-refractivity contribution in [1.82, 2.24) is 9.13 Å². The van der Waals surface area contributed by atoms with E-state index in [1.54, 1.807) is 54.2 Å². The minimum atomic E-state index is -1.98. The van der Waals surface area contributed by atoms with Crippen molar-refractivity contribution >= 4 is 43.6 Å². The fourth-order valence-corrected chi connectivity index (χ4v) is 10.9. The van der Waals surface area contributed by atoms with Crippen LogP contribution in [0.1, 0.15) is 182 Å². The lowest BCUT2D eigenvalue weighted by Gasteiger charge is -2.19. The normalized spacial score (nSPS) is 11.6. The van der Waals surface area contributed by atoms with Gasteiger partial charge in [-0.25, -0.2) is 0 Å². The molecule has 2 aromatic heterocycles. The molecule has 0 N–H and O–H groups in total. The molecule has 0 fully saturated rings. The summed E-state index contributed by atoms with van der Waals surface area (Å²) in [5, 5.41) is 5.42. The van der Waals surface area contributed by atoms with Crippen LogP contribution in [0, 0.1) is 88.4 Å². The average Bonchev–Trinajstić information content (AvgIpc) is 1.61. The van der Waals surface area contributed by atoms with E-state index in [0.717, 1.165) is 22.4 Å². The van der Waals surface area contributed by atoms with Crippen molar-refractivity contribution in [3.8, 4) is 18.1 Å². The first-order valence-corrected chi connectivity index (χ1v) is 35.5. The third-order valence-corrected chi connectivity index (χ3v) is 17.3. The number of aromatic nitrogens is 2. The first kappa shape index (κ1) is 74.5. The molecule has 544 valence electrons. The van der Waals surface area contributed by atoms with Gasteiger partial charge in [0.2, 0.25) is 0 Å². The summed E-state index contributed by atoms with van der Waals surface area (Å²) in [6.07, 6.45) is 4.60. The highest BCUT2D eigenvalue weighted by molar-refractivity contribution is 6.09. The molecule has 0 aliphatic heterocycles. The first-order chi connectivity index (χ1) is 52.0. The van der Waals surface area contributed by atoms with Crippen LogP contribution >= 0.6 is 0 Å². The van der Waals surface area contributed by atoms with Crippen LogP contribution in [0.5, 0.6) is 5.75 Å². The number of hydrogen-bond acceptors (Lipinski definition) is 2. The minimum Gasteiger partial charge on any atom is -0.497 e. The van der Waals surface area contributed by atoms with E-state index < -0.39 is 12.7 Å². The largest absolute Gasteiger partial charge is 0.497 e. The van der Waals surface area contributed by atoms with Crippen LogP contribution in [-0.4, -0.2) is 30.5 Å². The summed E-state index contributed by atoms with van der Waals surface area (Å²) in [7, 11) is 9.19. The van der Waals surface area contributed by atoms with Gasteiger partial charge in [-0.1, -0.05) is 292 Å². The van der Waals surface area contributed by atoms with Crippen LogP contribution in [0.15, 0.2) is 255 Å². The molecule has 0 saturated heterocycles. The number of methoxy groups -OCH3 is 2. The maximum absolute atomic E-state index is 7.81. The van der Waals surface area contributed by atoms with Gasteiger partial charge in [-0.2, -0.15) is 0 Å². The molecule has 0 bridgehead atoms. The van der Waals surface area contributed by atoms with Gasteiger partial charge in [0.1, 0.15) is 5.75 Å². The summed E-state index contributed by atoms with van der Waals surface area (Å²) >= 11 is 0. The van der Waals surface area contributed by atoms with Crippen molar-refractivity contribution in [1.29, 1.82) is 0 Å². The Kier molecular flexibility index (Phi) is 32.3. The van der Waals surface area contributed by atoms with E-state index in [1.165, 1.54) is 93.7 Å². The molecule has 0 radical (unpaired) electrons. The van der Waals surface area contributed by atoms with E-state index in [9.17, 15) is 0 Å². The van der Waals surface area contributed by atoms with Crippen LogP contribution in [0.2, 0.25) is 0 Å². The quantitative estimate of drug-likeness (QED) is 0.165. The van der Waals surface area contributed by atoms with Gasteiger partial charge in [0.05, 0.1) is 12.6 Å². The lowest BCUT2D eigenvalue weighted by molar-refractivity contribution is 0.277. The molecule has 13 rings (SSSR count). The highest BCUT2D eigenvalue weighted by atomic mass is 16.5. The summed E-state index contributed by atoms with van der Waals surface area (Å²) in [6, 6.07) is 79.3. The van der Waals surface area contributed by atoms with Crippen molar-refractivity contribution in [2.75, 3.05) is 21.3 Å². The molecule has 4 heteroatoms. The number of para-hydroxylation sites is 3. The predicted octanol–water partition coefficient (Wildman–Crippen LogP) is 27.6. The summed E-state index contributed by atoms with van der Waals surface area (Å²) in [4.78, 5) is 0. The molecular weight excluding hydrogens is 1250 g/mol. The van der Waals surface area contributed by atoms with E-state index >= 15 is 0 Å². The highest BCUT2D eigenvalue weighted by Gasteiger charge is 2.19. The second-order valence-corrected chi connectivity index (χ2v) is 28.3. The summed E-state index contributed by atoms with van der Waals surface area (Å²) in [5.41, 5.74) is 22.4. The third-order valence-electron chi connectivity index (χ3n) is 17.3. The number of nitrogens with zero attached hydrogens (tertiary/aromatic N) is 2. The number of rotatable bonds is 3. The topological polar surface area (TPSA) is 28.3 Å². The SMILES string of the molecule is C#CC.COC.COc1ccccc1.Cc1cccc(C)c1C.Cc1ccccc1.Cc1ccccc1C(C)C.Cn1c2ccc(C(C)(C)C)cc2c2cc(C(C)(C)C)ccc21.Cn1c2ccccc2c2ccccc21.[2H]C(C)(C)c1ccccc1C.[2H]C([2H])([2H])c1cccc(C)c1C.[2H]c1c([2H])c(C)c([2H])c(C)c1[2H]. The Morgan fingerprint density at radius 3 is 1.05 bits per heavy atom. The summed E-state index contributed by atoms with van der Waals surface area (Å²) < 4.78 is 72.9. The van der Waals surface area contributed by atoms with Crippen molar-refractivity contribution in [3.05, 3.63) is 338 Å². The number of fused-ring (bicyclic) bond motifs is 6. The van der Waals surface area contributed by atoms with Gasteiger partial charge >= 0.3 is 0 Å². The standard InChI is InChI=1S/C21H27N.C13H11N.2C10H14.2C9H12.C8H10.C7H8O.C7H8.C3H4.C2H6O/c1-20(2,3)14-8-10-18-16(12-14)17-13-15(21(4,5)6)9-11-19(17)22(18)7;1-14-12-8-4-2-6-10(12)11-7-3-5-9-13(11)14;2*1-8(2)10-7-5-4-6-9(10)3;2*1-7-5-4-6-8(2)9(7)3;1-7-4-3-5-8(2)6-7;1-8-7-5-3-2-4-6-7;1-7-5-3-2-4-6-7;2*1-3-2/h8-13H,1-7H3;2-9H,1H3;2*4-8H,1-3H3;2*4-6H,1-3H3;3-6H,1-2H3;2-6H,1H3;2-6H,1H3;1H,2H3;1-2H3/i;;8D;;1D3;;3D,4D,5D,6D;;;;. The Balaban J connectivity index is 0.000000327. The summed E-state index contributed by atoms with van der Waals surface area (Å²) in [5.74, 6) is 3.35. The maximum Gasteiger partial charge on any atom is 0.118 e. The molecule has 103 heavy (non-hydrogen) atoms. The van der Waals surface area contributed by atoms with E-state index in [-0.39, 0.29) is 35.0 Å². The molecule has 0 atom stereocenters. The molecule has 11 aromatic carbocycles. The predicted molar refractivity (Wildman–Crippen MR) is 458 cm³/mol. The fraction of sp³-hybridized carbons (Fsp3) is 0.313. The fourth-order valence-electron chi connectivity index (χ4n) is 10.9. The van der Waals surface area contributed by atoms with Crippen LogP contribution in [0.4, 0.5) is 0 Å². The lowest BCUT2D eigenvalue weighted by Crippen LogP contribution is -2.10. The van der Waals surface area contributed by atoms with Gasteiger partial charge in [-0.05, 0) is 221 Å². The van der Waals surface area contributed by atoms with Gasteiger partial charge in [0.25, 0.3) is 0 Å². The Morgan fingerprint density at radius 2 is 0.738 bits per heavy atom. The van der Waals surface area contributed by atoms with Crippen LogP contribution in [-0.2, 0) is 29.7 Å². The molecule has 0 unspecified atom stereocenters. The Labute approximate surface area is 636 Å². The average molecular weight is 1380 g/mol. The Bertz CT molecular complexity index is 4790. The van der Waals surface area contributed by atoms with Crippen molar-refractivity contribution in [3.63, 3.8) is 0 Å². The zero-order valence-corrected chi connectivity index (χ0v) is 67.3. The number of aryl methyl sites for hydroxylation is 9. The first-order valence-electron chi connectivity index (χ1n) is 39.5. The van der Waals surface area contributed by atoms with Gasteiger partial charge in [-0.3, -0.25) is 0 Å². The second-order valence-electron chi connectivity index (χ2n) is 28.3. The van der Waals surface area contributed by atoms with Crippen LogP contribution in [0.25, 0.3) is 43.6 Å². The Morgan fingerprint density at radius 1 is 0.408 bits per heavy atom. The Hall–Kier alpha value is -9.66. The molecular formula is C99H126N2O2. The molecule has 4 nitrogen and oxygen atoms in total. The molecule has 0 saturated carbocycles. The van der Waals surface area contributed by atoms with Crippen molar-refractivity contribution in [2.45, 2.75) is 175 Å². The number of benzene rings is 11. The van der Waals surface area contributed by atoms with Gasteiger partial charge < -0.3 is 18.6 Å². The lowest BCUT2D eigenvalue weighted by atomic mass is 9.85. The van der Waals surface area contributed by atoms with Gasteiger partial charge in [0.15, 0.2) is 0 Å². The van der Waals surface area contributed by atoms with Crippen LogP contribution in [0.3, 0.4) is 0 Å². The molecule has 13 aromatic rings. The van der Waals surface area contributed by atoms with Crippen molar-refractivity contribution < 1.29 is 20.4 Å². The van der Waals surface area contributed by atoms with E-state index in [2.05, 4.69) is 270 Å². The molecule has 0 aliphatic carbocycles. The highest BCUT2D eigenvalue weighted by Crippen LogP contribution is 2.35. The zero-order chi connectivity index (χ0) is 83.9. The minimum absolute atomic E-state index is 0.00407. The molecule has 2 heterocycles. The third kappa shape index (κ3) is 29.3. The van der Waals surface area contributed by atoms with E-state index in [1.807, 2.05) is 113 Å². The van der Waals surface area contributed by atoms with Gasteiger partial charge in [-0.15, -0.1) is 12.3 Å². The van der Waals surface area contributed by atoms with Crippen molar-refractivity contribution in [2.24, 2.45) is 14.1 Å². The monoisotopic (exact) mass is 1380 g/mol. The molecule has 0 spiro atoms. The molecule has 0 amide bonds. The smallest absolute Gasteiger partial charge is 0.118 e. The summed E-state index contributed by atoms with van der Waals surface area (Å²) in [6.45, 7) is 41.4. The number of hydrogen-bond donors (Lipinski definition) is 0. The number of ether oxygens (including phenoxy) is 2. The maximum atomic E-state index is 7.81. The molecule has 0 aliphatic rings. The second kappa shape index (κ2) is 44.7. The number of terminal acetylenes is 1. The van der Waals surface area contributed by atoms with E-state index in [0.29, 0.717) is 22.6 Å². The van der Waals surface area contributed by atoms with Gasteiger partial charge in [0, 0.05) is 77.4 Å². The zero-order valence-electron chi connectivity index (χ0n) is 75.3.